The molecule has 0 aromatic carbocycles. The fourth-order valence-corrected chi connectivity index (χ4v) is 0.317. The van der Waals surface area contributed by atoms with Gasteiger partial charge in [0.15, 0.2) is 0 Å². The summed E-state index contributed by atoms with van der Waals surface area (Å²) in [6, 6.07) is 5.68. The Bertz CT molecular complexity index is 138. The number of aromatic hydroxyl groups is 1. The summed E-state index contributed by atoms with van der Waals surface area (Å²) in [6.45, 7) is 0. The molecule has 0 unspecified atom stereocenters. The maximum absolute atomic E-state index is 8.49. The SMILES string of the molecule is Oc1c[c]ccn1. The first-order valence-corrected chi connectivity index (χ1v) is 1.90. The van der Waals surface area contributed by atoms with Gasteiger partial charge in [-0.1, -0.05) is 0 Å². The molecule has 2 heteroatoms. The van der Waals surface area contributed by atoms with Crippen LogP contribution in [0, 0.1) is 6.07 Å². The first-order chi connectivity index (χ1) is 3.39. The molecule has 1 aromatic heterocycles. The van der Waals surface area contributed by atoms with Gasteiger partial charge in [-0.3, -0.25) is 0 Å². The van der Waals surface area contributed by atoms with Crippen molar-refractivity contribution in [3.8, 4) is 5.88 Å². The molecule has 1 rings (SSSR count). The highest BCUT2D eigenvalue weighted by Gasteiger charge is 1.77. The Morgan fingerprint density at radius 3 is 2.86 bits per heavy atom. The number of pyridine rings is 1. The van der Waals surface area contributed by atoms with E-state index in [0.29, 0.717) is 0 Å². The molecule has 1 N–H and O–H groups in total. The Morgan fingerprint density at radius 1 is 1.71 bits per heavy atom. The Morgan fingerprint density at radius 2 is 2.57 bits per heavy atom. The summed E-state index contributed by atoms with van der Waals surface area (Å²) >= 11 is 0. The molecule has 1 radical (unpaired) electrons. The molecule has 0 saturated heterocycles. The Hall–Kier alpha value is -1.05. The minimum absolute atomic E-state index is 0.0162. The first-order valence-electron chi connectivity index (χ1n) is 1.90. The zero-order valence-corrected chi connectivity index (χ0v) is 3.63. The van der Waals surface area contributed by atoms with Crippen LogP contribution in [0.5, 0.6) is 5.88 Å². The lowest BCUT2D eigenvalue weighted by atomic mass is 10.5. The van der Waals surface area contributed by atoms with Crippen LogP contribution in [0.2, 0.25) is 0 Å². The summed E-state index contributed by atoms with van der Waals surface area (Å²) in [6.07, 6.45) is 1.48. The second kappa shape index (κ2) is 1.60. The summed E-state index contributed by atoms with van der Waals surface area (Å²) in [5, 5.41) is 8.49. The quantitative estimate of drug-likeness (QED) is 0.510. The van der Waals surface area contributed by atoms with Crippen LogP contribution >= 0.6 is 0 Å². The molecule has 1 heterocycles. The average molecular weight is 94.1 g/mol. The number of hydrogen-bond donors (Lipinski definition) is 1. The Kier molecular flexibility index (Phi) is 0.941. The van der Waals surface area contributed by atoms with E-state index in [2.05, 4.69) is 11.1 Å². The third-order valence-corrected chi connectivity index (χ3v) is 0.590. The second-order valence-electron chi connectivity index (χ2n) is 1.11. The van der Waals surface area contributed by atoms with Crippen molar-refractivity contribution in [3.63, 3.8) is 0 Å². The molecule has 0 bridgehead atoms. The lowest BCUT2D eigenvalue weighted by Crippen LogP contribution is -1.66. The smallest absolute Gasteiger partial charge is 0.211 e. The third kappa shape index (κ3) is 0.892. The summed E-state index contributed by atoms with van der Waals surface area (Å²) in [7, 11) is 0. The van der Waals surface area contributed by atoms with Crippen LogP contribution in [-0.2, 0) is 0 Å². The zero-order chi connectivity index (χ0) is 5.11. The van der Waals surface area contributed by atoms with Crippen molar-refractivity contribution in [1.29, 1.82) is 0 Å². The van der Waals surface area contributed by atoms with E-state index in [1.54, 1.807) is 6.07 Å². The van der Waals surface area contributed by atoms with Gasteiger partial charge in [0.05, 0.1) is 0 Å². The highest BCUT2D eigenvalue weighted by Crippen LogP contribution is 1.95. The standard InChI is InChI=1S/C5H4NO/c7-5-3-1-2-4-6-5/h2-4H,(H,6,7). The van der Waals surface area contributed by atoms with E-state index >= 15 is 0 Å². The maximum atomic E-state index is 8.49. The van der Waals surface area contributed by atoms with Crippen molar-refractivity contribution < 1.29 is 5.11 Å². The van der Waals surface area contributed by atoms with E-state index in [1.807, 2.05) is 0 Å². The highest BCUT2D eigenvalue weighted by atomic mass is 16.3. The predicted molar refractivity (Wildman–Crippen MR) is 24.7 cm³/mol. The van der Waals surface area contributed by atoms with Crippen LogP contribution in [0.3, 0.4) is 0 Å². The van der Waals surface area contributed by atoms with Crippen molar-refractivity contribution >= 4 is 0 Å². The van der Waals surface area contributed by atoms with Gasteiger partial charge in [0.25, 0.3) is 0 Å². The van der Waals surface area contributed by atoms with Gasteiger partial charge in [-0.15, -0.1) is 0 Å². The van der Waals surface area contributed by atoms with E-state index in [9.17, 15) is 0 Å². The molecule has 0 aliphatic heterocycles. The Labute approximate surface area is 41.4 Å². The van der Waals surface area contributed by atoms with Crippen LogP contribution in [0.25, 0.3) is 0 Å². The van der Waals surface area contributed by atoms with Crippen LogP contribution in [0.1, 0.15) is 0 Å². The minimum atomic E-state index is 0.0162. The van der Waals surface area contributed by atoms with Crippen LogP contribution in [0.4, 0.5) is 0 Å². The molecule has 2 nitrogen and oxygen atoms in total. The topological polar surface area (TPSA) is 33.1 Å². The number of rotatable bonds is 0. The van der Waals surface area contributed by atoms with Crippen LogP contribution in [-0.4, -0.2) is 10.1 Å². The largest absolute Gasteiger partial charge is 0.493 e. The van der Waals surface area contributed by atoms with Gasteiger partial charge >= 0.3 is 0 Å². The van der Waals surface area contributed by atoms with Crippen molar-refractivity contribution in [3.05, 3.63) is 24.4 Å². The Balaban J connectivity index is 3.02. The second-order valence-corrected chi connectivity index (χ2v) is 1.11. The summed E-state index contributed by atoms with van der Waals surface area (Å²) in [5.74, 6) is 0.0162. The molecule has 0 aliphatic rings. The molecule has 0 fully saturated rings. The molecule has 0 aliphatic carbocycles. The van der Waals surface area contributed by atoms with E-state index in [0.717, 1.165) is 0 Å². The summed E-state index contributed by atoms with van der Waals surface area (Å²) in [4.78, 5) is 3.50. The van der Waals surface area contributed by atoms with E-state index < -0.39 is 0 Å². The number of nitrogens with zero attached hydrogens (tertiary/aromatic N) is 1. The molecule has 0 spiro atoms. The van der Waals surface area contributed by atoms with Gasteiger partial charge in [0, 0.05) is 12.3 Å². The van der Waals surface area contributed by atoms with Gasteiger partial charge in [-0.2, -0.15) is 0 Å². The molecular weight excluding hydrogens is 90.1 g/mol. The van der Waals surface area contributed by atoms with Crippen molar-refractivity contribution in [1.82, 2.24) is 4.98 Å². The maximum Gasteiger partial charge on any atom is 0.211 e. The van der Waals surface area contributed by atoms with Gasteiger partial charge in [-0.05, 0) is 12.1 Å². The van der Waals surface area contributed by atoms with Gasteiger partial charge in [0.1, 0.15) is 0 Å². The predicted octanol–water partition coefficient (Wildman–Crippen LogP) is 0.587. The van der Waals surface area contributed by atoms with Gasteiger partial charge < -0.3 is 5.11 Å². The van der Waals surface area contributed by atoms with E-state index in [1.165, 1.54) is 12.3 Å². The van der Waals surface area contributed by atoms with Crippen LogP contribution < -0.4 is 0 Å². The fraction of sp³-hybridized carbons (Fsp3) is 0. The summed E-state index contributed by atoms with van der Waals surface area (Å²) < 4.78 is 0. The normalized spacial score (nSPS) is 8.57. The van der Waals surface area contributed by atoms with Crippen molar-refractivity contribution in [2.45, 2.75) is 0 Å². The lowest BCUT2D eigenvalue weighted by Gasteiger charge is -1.80. The fourth-order valence-electron chi connectivity index (χ4n) is 0.317. The zero-order valence-electron chi connectivity index (χ0n) is 3.63. The highest BCUT2D eigenvalue weighted by molar-refractivity contribution is 5.04. The van der Waals surface area contributed by atoms with Gasteiger partial charge in [0.2, 0.25) is 5.88 Å². The number of aromatic nitrogens is 1. The molecule has 7 heavy (non-hydrogen) atoms. The summed E-state index contributed by atoms with van der Waals surface area (Å²) in [5.41, 5.74) is 0. The molecule has 0 atom stereocenters. The van der Waals surface area contributed by atoms with Crippen molar-refractivity contribution in [2.24, 2.45) is 0 Å². The van der Waals surface area contributed by atoms with Crippen molar-refractivity contribution in [2.75, 3.05) is 0 Å². The van der Waals surface area contributed by atoms with E-state index in [4.69, 9.17) is 5.11 Å². The van der Waals surface area contributed by atoms with E-state index in [-0.39, 0.29) is 5.88 Å². The third-order valence-electron chi connectivity index (χ3n) is 0.590. The average Bonchev–Trinajstić information content (AvgIpc) is 1.69. The van der Waals surface area contributed by atoms with Gasteiger partial charge in [-0.25, -0.2) is 4.98 Å². The molecule has 0 saturated carbocycles. The molecule has 35 valence electrons. The lowest BCUT2D eigenvalue weighted by molar-refractivity contribution is 0.453. The first kappa shape index (κ1) is 4.12. The number of hydrogen-bond acceptors (Lipinski definition) is 2. The molecule has 0 amide bonds. The molecule has 1 aromatic rings. The van der Waals surface area contributed by atoms with Crippen LogP contribution in [0.15, 0.2) is 18.3 Å². The molecular formula is C5H4NO. The monoisotopic (exact) mass is 94.0 g/mol. The minimum Gasteiger partial charge on any atom is -0.493 e.